The van der Waals surface area contributed by atoms with E-state index in [1.54, 1.807) is 7.05 Å². The fourth-order valence-electron chi connectivity index (χ4n) is 1.60. The molecular weight excluding hydrogens is 214 g/mol. The molecule has 17 heavy (non-hydrogen) atoms. The van der Waals surface area contributed by atoms with E-state index in [0.29, 0.717) is 6.61 Å². The maximum Gasteiger partial charge on any atom is 0.190 e. The Kier molecular flexibility index (Phi) is 5.93. The lowest BCUT2D eigenvalue weighted by atomic mass is 10.1. The van der Waals surface area contributed by atoms with E-state index < -0.39 is 0 Å². The maximum absolute atomic E-state index is 5.57. The Labute approximate surface area is 103 Å². The van der Waals surface area contributed by atoms with Crippen LogP contribution in [-0.4, -0.2) is 33.2 Å². The lowest BCUT2D eigenvalue weighted by molar-refractivity contribution is 0.336. The van der Waals surface area contributed by atoms with Gasteiger partial charge in [0, 0.05) is 20.6 Å². The van der Waals surface area contributed by atoms with Crippen LogP contribution in [0.4, 0.5) is 0 Å². The normalized spacial score (nSPS) is 11.1. The highest BCUT2D eigenvalue weighted by atomic mass is 16.5. The van der Waals surface area contributed by atoms with Gasteiger partial charge < -0.3 is 15.4 Å². The van der Waals surface area contributed by atoms with Crippen molar-refractivity contribution in [2.24, 2.45) is 4.99 Å². The number of para-hydroxylation sites is 1. The lowest BCUT2D eigenvalue weighted by Crippen LogP contribution is -2.35. The summed E-state index contributed by atoms with van der Waals surface area (Å²) in [5.41, 5.74) is 1.22. The second-order valence-corrected chi connectivity index (χ2v) is 3.54. The molecule has 0 amide bonds. The third kappa shape index (κ3) is 4.34. The zero-order valence-electron chi connectivity index (χ0n) is 10.8. The molecule has 1 rings (SSSR count). The summed E-state index contributed by atoms with van der Waals surface area (Å²) in [5, 5.41) is 6.21. The summed E-state index contributed by atoms with van der Waals surface area (Å²) in [7, 11) is 3.61. The summed E-state index contributed by atoms with van der Waals surface area (Å²) >= 11 is 0. The van der Waals surface area contributed by atoms with Gasteiger partial charge in [-0.1, -0.05) is 18.2 Å². The van der Waals surface area contributed by atoms with Crippen LogP contribution in [0, 0.1) is 0 Å². The summed E-state index contributed by atoms with van der Waals surface area (Å²) in [4.78, 5) is 4.06. The van der Waals surface area contributed by atoms with Gasteiger partial charge in [0.25, 0.3) is 0 Å². The first-order valence-corrected chi connectivity index (χ1v) is 5.91. The fourth-order valence-corrected chi connectivity index (χ4v) is 1.60. The fraction of sp³-hybridized carbons (Fsp3) is 0.462. The highest BCUT2D eigenvalue weighted by Crippen LogP contribution is 2.17. The van der Waals surface area contributed by atoms with E-state index in [-0.39, 0.29) is 0 Å². The third-order valence-corrected chi connectivity index (χ3v) is 2.42. The Hall–Kier alpha value is -1.71. The van der Waals surface area contributed by atoms with Crippen molar-refractivity contribution in [1.29, 1.82) is 0 Å². The van der Waals surface area contributed by atoms with Crippen LogP contribution in [0.3, 0.4) is 0 Å². The van der Waals surface area contributed by atoms with Gasteiger partial charge in [-0.15, -0.1) is 0 Å². The number of ether oxygens (including phenoxy) is 1. The van der Waals surface area contributed by atoms with Crippen LogP contribution in [0.2, 0.25) is 0 Å². The van der Waals surface area contributed by atoms with Gasteiger partial charge in [0.15, 0.2) is 5.96 Å². The van der Waals surface area contributed by atoms with E-state index in [2.05, 4.69) is 21.7 Å². The highest BCUT2D eigenvalue weighted by Gasteiger charge is 2.02. The Morgan fingerprint density at radius 2 is 2.12 bits per heavy atom. The molecule has 1 aromatic rings. The monoisotopic (exact) mass is 235 g/mol. The van der Waals surface area contributed by atoms with E-state index in [1.807, 2.05) is 32.2 Å². The van der Waals surface area contributed by atoms with Crippen molar-refractivity contribution >= 4 is 5.96 Å². The van der Waals surface area contributed by atoms with Crippen molar-refractivity contribution in [2.45, 2.75) is 13.3 Å². The summed E-state index contributed by atoms with van der Waals surface area (Å²) in [6.07, 6.45) is 0.914. The molecule has 0 saturated heterocycles. The van der Waals surface area contributed by atoms with Crippen molar-refractivity contribution < 1.29 is 4.74 Å². The number of guanidine groups is 1. The smallest absolute Gasteiger partial charge is 0.190 e. The predicted octanol–water partition coefficient (Wildman–Crippen LogP) is 1.42. The Balaban J connectivity index is 2.51. The van der Waals surface area contributed by atoms with Gasteiger partial charge in [-0.05, 0) is 25.0 Å². The van der Waals surface area contributed by atoms with Gasteiger partial charge in [0.2, 0.25) is 0 Å². The number of nitrogens with zero attached hydrogens (tertiary/aromatic N) is 1. The summed E-state index contributed by atoms with van der Waals surface area (Å²) in [5.74, 6) is 1.77. The van der Waals surface area contributed by atoms with Crippen LogP contribution in [0.1, 0.15) is 12.5 Å². The average Bonchev–Trinajstić information content (AvgIpc) is 2.37. The number of aliphatic imine (C=N–C) groups is 1. The van der Waals surface area contributed by atoms with Crippen molar-refractivity contribution in [2.75, 3.05) is 27.2 Å². The molecule has 0 aliphatic rings. The standard InChI is InChI=1S/C13H21N3O/c1-4-17-12-8-6-5-7-11(12)9-10-16-13(14-2)15-3/h5-8H,4,9-10H2,1-3H3,(H2,14,15,16). The number of hydrogen-bond donors (Lipinski definition) is 2. The quantitative estimate of drug-likeness (QED) is 0.599. The van der Waals surface area contributed by atoms with Gasteiger partial charge in [0.1, 0.15) is 5.75 Å². The van der Waals surface area contributed by atoms with E-state index >= 15 is 0 Å². The van der Waals surface area contributed by atoms with E-state index in [4.69, 9.17) is 4.74 Å². The first-order valence-electron chi connectivity index (χ1n) is 5.91. The molecule has 0 bridgehead atoms. The number of rotatable bonds is 5. The van der Waals surface area contributed by atoms with Gasteiger partial charge in [-0.3, -0.25) is 4.99 Å². The molecule has 1 aromatic carbocycles. The van der Waals surface area contributed by atoms with Gasteiger partial charge in [0.05, 0.1) is 6.61 Å². The molecule has 0 radical (unpaired) electrons. The van der Waals surface area contributed by atoms with Crippen LogP contribution in [-0.2, 0) is 6.42 Å². The van der Waals surface area contributed by atoms with Gasteiger partial charge >= 0.3 is 0 Å². The second kappa shape index (κ2) is 7.54. The first-order chi connectivity index (χ1) is 8.31. The SMILES string of the molecule is CCOc1ccccc1CCNC(=NC)NC. The van der Waals surface area contributed by atoms with E-state index in [0.717, 1.165) is 24.7 Å². The minimum Gasteiger partial charge on any atom is -0.494 e. The number of hydrogen-bond acceptors (Lipinski definition) is 2. The van der Waals surface area contributed by atoms with Crippen LogP contribution in [0.15, 0.2) is 29.3 Å². The second-order valence-electron chi connectivity index (χ2n) is 3.54. The lowest BCUT2D eigenvalue weighted by Gasteiger charge is -2.11. The molecule has 0 heterocycles. The molecule has 94 valence electrons. The summed E-state index contributed by atoms with van der Waals surface area (Å²) in [6.45, 7) is 3.53. The topological polar surface area (TPSA) is 45.6 Å². The Morgan fingerprint density at radius 3 is 2.76 bits per heavy atom. The van der Waals surface area contributed by atoms with Crippen LogP contribution < -0.4 is 15.4 Å². The molecule has 4 nitrogen and oxygen atoms in total. The molecular formula is C13H21N3O. The van der Waals surface area contributed by atoms with Crippen LogP contribution >= 0.6 is 0 Å². The van der Waals surface area contributed by atoms with Gasteiger partial charge in [-0.25, -0.2) is 0 Å². The molecule has 2 N–H and O–H groups in total. The summed E-state index contributed by atoms with van der Waals surface area (Å²) < 4.78 is 5.57. The molecule has 0 aromatic heterocycles. The number of nitrogens with one attached hydrogen (secondary N) is 2. The molecule has 0 atom stereocenters. The average molecular weight is 235 g/mol. The molecule has 0 aliphatic heterocycles. The molecule has 0 fully saturated rings. The van der Waals surface area contributed by atoms with E-state index in [1.165, 1.54) is 5.56 Å². The molecule has 0 unspecified atom stereocenters. The molecule has 4 heteroatoms. The minimum atomic E-state index is 0.697. The zero-order chi connectivity index (χ0) is 12.5. The Morgan fingerprint density at radius 1 is 1.35 bits per heavy atom. The minimum absolute atomic E-state index is 0.697. The largest absolute Gasteiger partial charge is 0.494 e. The summed E-state index contributed by atoms with van der Waals surface area (Å²) in [6, 6.07) is 8.12. The Bertz CT molecular complexity index is 363. The van der Waals surface area contributed by atoms with Crippen molar-refractivity contribution in [1.82, 2.24) is 10.6 Å². The van der Waals surface area contributed by atoms with Crippen LogP contribution in [0.25, 0.3) is 0 Å². The number of benzene rings is 1. The molecule has 0 saturated carbocycles. The predicted molar refractivity (Wildman–Crippen MR) is 71.7 cm³/mol. The van der Waals surface area contributed by atoms with Crippen molar-refractivity contribution in [3.63, 3.8) is 0 Å². The molecule has 0 spiro atoms. The van der Waals surface area contributed by atoms with E-state index in [9.17, 15) is 0 Å². The maximum atomic E-state index is 5.57. The van der Waals surface area contributed by atoms with Crippen molar-refractivity contribution in [3.8, 4) is 5.75 Å². The van der Waals surface area contributed by atoms with Crippen molar-refractivity contribution in [3.05, 3.63) is 29.8 Å². The zero-order valence-corrected chi connectivity index (χ0v) is 10.8. The molecule has 0 aliphatic carbocycles. The third-order valence-electron chi connectivity index (χ3n) is 2.42. The van der Waals surface area contributed by atoms with Gasteiger partial charge in [-0.2, -0.15) is 0 Å². The highest BCUT2D eigenvalue weighted by molar-refractivity contribution is 5.79. The first kappa shape index (κ1) is 13.4. The van der Waals surface area contributed by atoms with Crippen LogP contribution in [0.5, 0.6) is 5.75 Å².